The van der Waals surface area contributed by atoms with Gasteiger partial charge in [0.1, 0.15) is 23.9 Å². The highest BCUT2D eigenvalue weighted by atomic mass is 79.9. The molecule has 0 fully saturated rings. The average molecular weight is 406 g/mol. The lowest BCUT2D eigenvalue weighted by molar-refractivity contribution is 0.0463. The Kier molecular flexibility index (Phi) is 5.14. The number of rotatable bonds is 5. The molecule has 0 saturated heterocycles. The van der Waals surface area contributed by atoms with Gasteiger partial charge in [-0.05, 0) is 58.4 Å². The molecule has 0 aliphatic carbocycles. The Morgan fingerprint density at radius 1 is 1.20 bits per heavy atom. The highest BCUT2D eigenvalue weighted by molar-refractivity contribution is 9.10. The molecule has 0 aliphatic rings. The van der Waals surface area contributed by atoms with Crippen LogP contribution in [0, 0.1) is 5.82 Å². The summed E-state index contributed by atoms with van der Waals surface area (Å²) in [7, 11) is 1.52. The minimum absolute atomic E-state index is 0.0484. The Labute approximate surface area is 151 Å². The van der Waals surface area contributed by atoms with Crippen LogP contribution in [0.15, 0.2) is 57.5 Å². The number of hydrogen-bond acceptors (Lipinski definition) is 5. The lowest BCUT2D eigenvalue weighted by Gasteiger charge is -2.06. The van der Waals surface area contributed by atoms with Crippen molar-refractivity contribution in [2.24, 2.45) is 0 Å². The maximum absolute atomic E-state index is 12.9. The van der Waals surface area contributed by atoms with Crippen LogP contribution in [-0.2, 0) is 11.3 Å². The van der Waals surface area contributed by atoms with Gasteiger partial charge < -0.3 is 14.0 Å². The monoisotopic (exact) mass is 405 g/mol. The van der Waals surface area contributed by atoms with E-state index in [1.807, 2.05) is 0 Å². The summed E-state index contributed by atoms with van der Waals surface area (Å²) in [6.07, 6.45) is 0. The van der Waals surface area contributed by atoms with Crippen molar-refractivity contribution in [1.29, 1.82) is 0 Å². The van der Waals surface area contributed by atoms with Gasteiger partial charge in [-0.2, -0.15) is 0 Å². The zero-order valence-electron chi connectivity index (χ0n) is 13.2. The molecule has 0 bridgehead atoms. The number of ether oxygens (including phenoxy) is 2. The van der Waals surface area contributed by atoms with Gasteiger partial charge in [0.05, 0.1) is 12.7 Å². The van der Waals surface area contributed by atoms with Crippen LogP contribution in [0.3, 0.4) is 0 Å². The van der Waals surface area contributed by atoms with E-state index in [1.54, 1.807) is 36.4 Å². The Hall–Kier alpha value is -2.67. The first-order chi connectivity index (χ1) is 12.1. The first-order valence-corrected chi connectivity index (χ1v) is 8.08. The van der Waals surface area contributed by atoms with Crippen molar-refractivity contribution in [3.63, 3.8) is 0 Å². The van der Waals surface area contributed by atoms with Crippen LogP contribution < -0.4 is 4.74 Å². The van der Waals surface area contributed by atoms with Gasteiger partial charge in [0.25, 0.3) is 0 Å². The Morgan fingerprint density at radius 3 is 2.68 bits per heavy atom. The Bertz CT molecular complexity index is 892. The second kappa shape index (κ2) is 7.48. The molecular formula is C18H13BrFNO4. The Balaban J connectivity index is 1.68. The van der Waals surface area contributed by atoms with Crippen LogP contribution in [0.25, 0.3) is 11.3 Å². The summed E-state index contributed by atoms with van der Waals surface area (Å²) in [5.74, 6) is 0.169. The van der Waals surface area contributed by atoms with Crippen LogP contribution in [0.4, 0.5) is 4.39 Å². The number of benzene rings is 2. The van der Waals surface area contributed by atoms with E-state index in [1.165, 1.54) is 19.2 Å². The number of aromatic nitrogens is 1. The predicted molar refractivity (Wildman–Crippen MR) is 91.7 cm³/mol. The van der Waals surface area contributed by atoms with E-state index in [-0.39, 0.29) is 12.4 Å². The predicted octanol–water partition coefficient (Wildman–Crippen LogP) is 4.61. The quantitative estimate of drug-likeness (QED) is 0.580. The lowest BCUT2D eigenvalue weighted by Crippen LogP contribution is -2.06. The third-order valence-electron chi connectivity index (χ3n) is 3.43. The van der Waals surface area contributed by atoms with E-state index in [0.29, 0.717) is 32.8 Å². The SMILES string of the molecule is COc1ccc(Br)c(C(=O)OCc2cc(-c3ccc(F)cc3)on2)c1. The molecular weight excluding hydrogens is 393 g/mol. The average Bonchev–Trinajstić information content (AvgIpc) is 3.09. The summed E-state index contributed by atoms with van der Waals surface area (Å²) in [5.41, 5.74) is 1.48. The van der Waals surface area contributed by atoms with Crippen LogP contribution in [0.5, 0.6) is 5.75 Å². The number of halogens is 2. The minimum Gasteiger partial charge on any atom is -0.497 e. The van der Waals surface area contributed by atoms with E-state index >= 15 is 0 Å². The molecule has 128 valence electrons. The van der Waals surface area contributed by atoms with E-state index in [4.69, 9.17) is 14.0 Å². The van der Waals surface area contributed by atoms with Crippen molar-refractivity contribution >= 4 is 21.9 Å². The number of nitrogens with zero attached hydrogens (tertiary/aromatic N) is 1. The molecule has 0 N–H and O–H groups in total. The molecule has 0 saturated carbocycles. The van der Waals surface area contributed by atoms with Gasteiger partial charge in [-0.15, -0.1) is 0 Å². The van der Waals surface area contributed by atoms with E-state index in [0.717, 1.165) is 0 Å². The van der Waals surface area contributed by atoms with Crippen LogP contribution in [0.2, 0.25) is 0 Å². The summed E-state index contributed by atoms with van der Waals surface area (Å²) in [6, 6.07) is 12.5. The molecule has 3 rings (SSSR count). The van der Waals surface area contributed by atoms with Gasteiger partial charge in [0.15, 0.2) is 5.76 Å². The molecule has 7 heteroatoms. The lowest BCUT2D eigenvalue weighted by atomic mass is 10.1. The first kappa shape index (κ1) is 17.2. The number of methoxy groups -OCH3 is 1. The van der Waals surface area contributed by atoms with E-state index in [9.17, 15) is 9.18 Å². The van der Waals surface area contributed by atoms with Crippen molar-refractivity contribution < 1.29 is 23.2 Å². The van der Waals surface area contributed by atoms with Crippen molar-refractivity contribution in [1.82, 2.24) is 5.16 Å². The molecule has 1 heterocycles. The summed E-state index contributed by atoms with van der Waals surface area (Å²) >= 11 is 3.31. The smallest absolute Gasteiger partial charge is 0.339 e. The third kappa shape index (κ3) is 4.06. The van der Waals surface area contributed by atoms with Crippen LogP contribution >= 0.6 is 15.9 Å². The second-order valence-electron chi connectivity index (χ2n) is 5.11. The molecule has 3 aromatic rings. The largest absolute Gasteiger partial charge is 0.497 e. The maximum atomic E-state index is 12.9. The van der Waals surface area contributed by atoms with Gasteiger partial charge >= 0.3 is 5.97 Å². The topological polar surface area (TPSA) is 61.6 Å². The molecule has 0 spiro atoms. The van der Waals surface area contributed by atoms with Crippen molar-refractivity contribution in [3.05, 3.63) is 70.1 Å². The fourth-order valence-corrected chi connectivity index (χ4v) is 2.54. The molecule has 0 aliphatic heterocycles. The zero-order valence-corrected chi connectivity index (χ0v) is 14.7. The standard InChI is InChI=1S/C18H13BrFNO4/c1-23-14-6-7-16(19)15(9-14)18(22)24-10-13-8-17(25-21-13)11-2-4-12(20)5-3-11/h2-9H,10H2,1H3. The number of carbonyl (C=O) groups excluding carboxylic acids is 1. The van der Waals surface area contributed by atoms with Crippen molar-refractivity contribution in [2.75, 3.05) is 7.11 Å². The van der Waals surface area contributed by atoms with Gasteiger partial charge in [0, 0.05) is 16.1 Å². The number of carbonyl (C=O) groups is 1. The molecule has 25 heavy (non-hydrogen) atoms. The maximum Gasteiger partial charge on any atom is 0.339 e. The third-order valence-corrected chi connectivity index (χ3v) is 4.12. The van der Waals surface area contributed by atoms with Crippen LogP contribution in [0.1, 0.15) is 16.1 Å². The van der Waals surface area contributed by atoms with Crippen molar-refractivity contribution in [2.45, 2.75) is 6.61 Å². The van der Waals surface area contributed by atoms with E-state index < -0.39 is 5.97 Å². The van der Waals surface area contributed by atoms with E-state index in [2.05, 4.69) is 21.1 Å². The summed E-state index contributed by atoms with van der Waals surface area (Å²) in [5, 5.41) is 3.85. The number of hydrogen-bond donors (Lipinski definition) is 0. The van der Waals surface area contributed by atoms with Crippen LogP contribution in [-0.4, -0.2) is 18.2 Å². The molecule has 0 unspecified atom stereocenters. The molecule has 1 aromatic heterocycles. The minimum atomic E-state index is -0.517. The second-order valence-corrected chi connectivity index (χ2v) is 5.97. The van der Waals surface area contributed by atoms with Gasteiger partial charge in [-0.1, -0.05) is 5.16 Å². The highest BCUT2D eigenvalue weighted by Gasteiger charge is 2.15. The normalized spacial score (nSPS) is 10.5. The molecule has 0 radical (unpaired) electrons. The zero-order chi connectivity index (χ0) is 17.8. The summed E-state index contributed by atoms with van der Waals surface area (Å²) < 4.78 is 29.1. The summed E-state index contributed by atoms with van der Waals surface area (Å²) in [6.45, 7) is -0.0484. The molecule has 5 nitrogen and oxygen atoms in total. The molecule has 2 aromatic carbocycles. The van der Waals surface area contributed by atoms with Crippen molar-refractivity contribution in [3.8, 4) is 17.1 Å². The Morgan fingerprint density at radius 2 is 1.96 bits per heavy atom. The van der Waals surface area contributed by atoms with Gasteiger partial charge in [-0.25, -0.2) is 9.18 Å². The molecule has 0 amide bonds. The highest BCUT2D eigenvalue weighted by Crippen LogP contribution is 2.24. The first-order valence-electron chi connectivity index (χ1n) is 7.29. The van der Waals surface area contributed by atoms with Gasteiger partial charge in [-0.3, -0.25) is 0 Å². The number of esters is 1. The molecule has 0 atom stereocenters. The van der Waals surface area contributed by atoms with Gasteiger partial charge in [0.2, 0.25) is 0 Å². The fourth-order valence-electron chi connectivity index (χ4n) is 2.14. The summed E-state index contributed by atoms with van der Waals surface area (Å²) in [4.78, 5) is 12.2. The fraction of sp³-hybridized carbons (Fsp3) is 0.111.